The molecule has 0 saturated heterocycles. The Balaban J connectivity index is 2.11. The molecule has 3 heterocycles. The molecular weight excluding hydrogens is 248 g/mol. The van der Waals surface area contributed by atoms with Gasteiger partial charge in [0.25, 0.3) is 0 Å². The summed E-state index contributed by atoms with van der Waals surface area (Å²) >= 11 is 0. The highest BCUT2D eigenvalue weighted by Gasteiger charge is 2.53. The molecule has 0 aromatic heterocycles. The molecule has 18 heavy (non-hydrogen) atoms. The molecule has 0 N–H and O–H groups in total. The normalized spacial score (nSPS) is 36.6. The van der Waals surface area contributed by atoms with Gasteiger partial charge in [-0.3, -0.25) is 0 Å². The van der Waals surface area contributed by atoms with Crippen LogP contribution < -0.4 is 10.4 Å². The van der Waals surface area contributed by atoms with E-state index < -0.39 is 16.1 Å². The zero-order chi connectivity index (χ0) is 12.5. The second kappa shape index (κ2) is 3.40. The first-order valence-electron chi connectivity index (χ1n) is 7.70. The van der Waals surface area contributed by atoms with E-state index in [4.69, 9.17) is 0 Å². The molecule has 4 rings (SSSR count). The maximum atomic E-state index is 2.72. The Morgan fingerprint density at radius 2 is 1.61 bits per heavy atom. The van der Waals surface area contributed by atoms with E-state index in [9.17, 15) is 0 Å². The molecule has 0 bridgehead atoms. The Kier molecular flexibility index (Phi) is 2.17. The fraction of sp³-hybridized carbons (Fsp3) is 0.625. The second-order valence-corrected chi connectivity index (χ2v) is 17.2. The fourth-order valence-electron chi connectivity index (χ4n) is 5.59. The lowest BCUT2D eigenvalue weighted by atomic mass is 9.98. The molecular formula is C16H24Si2. The van der Waals surface area contributed by atoms with Crippen molar-refractivity contribution < 1.29 is 0 Å². The standard InChI is InChI=1S/C16H24Si2/c1-12-10-13-6-4-8-17(2)11-18(3)9-5-7-14(12)16(18)15(13)17/h10H,4-9,11H2,1-3H3. The van der Waals surface area contributed by atoms with Gasteiger partial charge in [0.15, 0.2) is 0 Å². The molecule has 1 aromatic carbocycles. The highest BCUT2D eigenvalue weighted by molar-refractivity contribution is 7.15. The molecule has 0 nitrogen and oxygen atoms in total. The minimum atomic E-state index is -1.06. The maximum absolute atomic E-state index is 2.72. The minimum Gasteiger partial charge on any atom is -0.0654 e. The van der Waals surface area contributed by atoms with Crippen LogP contribution in [0.15, 0.2) is 6.07 Å². The lowest BCUT2D eigenvalue weighted by Crippen LogP contribution is -2.53. The first kappa shape index (κ1) is 11.5. The summed E-state index contributed by atoms with van der Waals surface area (Å²) < 4.78 is 0. The zero-order valence-corrected chi connectivity index (χ0v) is 14.0. The molecule has 2 atom stereocenters. The van der Waals surface area contributed by atoms with Gasteiger partial charge in [0, 0.05) is 0 Å². The number of aryl methyl sites for hydroxylation is 2. The first-order chi connectivity index (χ1) is 8.54. The molecule has 0 saturated carbocycles. The molecule has 0 amide bonds. The van der Waals surface area contributed by atoms with E-state index in [1.807, 2.05) is 15.9 Å². The van der Waals surface area contributed by atoms with Crippen LogP contribution in [0.3, 0.4) is 0 Å². The van der Waals surface area contributed by atoms with Gasteiger partial charge in [-0.15, -0.1) is 0 Å². The van der Waals surface area contributed by atoms with Gasteiger partial charge in [-0.25, -0.2) is 0 Å². The third-order valence-electron chi connectivity index (χ3n) is 6.06. The minimum absolute atomic E-state index is 1.05. The second-order valence-electron chi connectivity index (χ2n) is 7.59. The SMILES string of the molecule is Cc1cc2c3c4c1CCC[Si]4(C)C[Si]3(C)CCC2. The van der Waals surface area contributed by atoms with Gasteiger partial charge in [-0.2, -0.15) is 0 Å². The summed E-state index contributed by atoms with van der Waals surface area (Å²) in [7, 11) is -2.10. The van der Waals surface area contributed by atoms with E-state index in [2.05, 4.69) is 26.1 Å². The van der Waals surface area contributed by atoms with Crippen LogP contribution in [-0.2, 0) is 12.8 Å². The van der Waals surface area contributed by atoms with Crippen LogP contribution in [0.1, 0.15) is 29.5 Å². The van der Waals surface area contributed by atoms with Gasteiger partial charge in [0.1, 0.15) is 0 Å². The van der Waals surface area contributed by atoms with Gasteiger partial charge in [-0.05, 0) is 36.5 Å². The Morgan fingerprint density at radius 3 is 2.39 bits per heavy atom. The summed E-state index contributed by atoms with van der Waals surface area (Å²) in [5.41, 5.74) is 6.96. The van der Waals surface area contributed by atoms with Gasteiger partial charge >= 0.3 is 0 Å². The van der Waals surface area contributed by atoms with Gasteiger partial charge in [0.05, 0.1) is 16.1 Å². The Bertz CT molecular complexity index is 549. The summed E-state index contributed by atoms with van der Waals surface area (Å²) in [6, 6.07) is 5.78. The molecule has 3 aliphatic rings. The molecule has 0 aliphatic carbocycles. The van der Waals surface area contributed by atoms with Crippen LogP contribution in [0.2, 0.25) is 30.8 Å². The van der Waals surface area contributed by atoms with Crippen LogP contribution in [0.4, 0.5) is 0 Å². The quantitative estimate of drug-likeness (QED) is 0.637. The summed E-state index contributed by atoms with van der Waals surface area (Å²) in [4.78, 5) is 0. The maximum Gasteiger partial charge on any atom is 0.0816 e. The van der Waals surface area contributed by atoms with Crippen molar-refractivity contribution in [2.75, 3.05) is 0 Å². The molecule has 0 radical (unpaired) electrons. The Hall–Kier alpha value is -0.346. The topological polar surface area (TPSA) is 0 Å². The molecule has 96 valence electrons. The van der Waals surface area contributed by atoms with Crippen LogP contribution in [0.25, 0.3) is 0 Å². The van der Waals surface area contributed by atoms with Crippen LogP contribution >= 0.6 is 0 Å². The smallest absolute Gasteiger partial charge is 0.0654 e. The monoisotopic (exact) mass is 272 g/mol. The number of hydrogen-bond acceptors (Lipinski definition) is 0. The molecule has 2 heteroatoms. The van der Waals surface area contributed by atoms with Crippen molar-refractivity contribution in [1.82, 2.24) is 0 Å². The molecule has 0 fully saturated rings. The summed E-state index contributed by atoms with van der Waals surface area (Å²) in [6.45, 7) is 7.83. The van der Waals surface area contributed by atoms with Crippen molar-refractivity contribution >= 4 is 26.5 Å². The van der Waals surface area contributed by atoms with E-state index in [-0.39, 0.29) is 0 Å². The van der Waals surface area contributed by atoms with E-state index in [0.717, 1.165) is 0 Å². The zero-order valence-electron chi connectivity index (χ0n) is 12.0. The van der Waals surface area contributed by atoms with E-state index in [1.165, 1.54) is 25.7 Å². The van der Waals surface area contributed by atoms with Gasteiger partial charge < -0.3 is 0 Å². The fourth-order valence-corrected chi connectivity index (χ4v) is 23.1. The molecule has 3 aliphatic heterocycles. The first-order valence-corrected chi connectivity index (χ1v) is 13.5. The highest BCUT2D eigenvalue weighted by Crippen LogP contribution is 2.41. The summed E-state index contributed by atoms with van der Waals surface area (Å²) in [5, 5.41) is 4.01. The van der Waals surface area contributed by atoms with Crippen molar-refractivity contribution in [3.8, 4) is 0 Å². The third-order valence-corrected chi connectivity index (χ3v) is 19.0. The number of benzene rings is 1. The van der Waals surface area contributed by atoms with E-state index >= 15 is 0 Å². The third kappa shape index (κ3) is 1.26. The van der Waals surface area contributed by atoms with Gasteiger partial charge in [0.2, 0.25) is 0 Å². The van der Waals surface area contributed by atoms with E-state index in [0.29, 0.717) is 0 Å². The average Bonchev–Trinajstić information content (AvgIpc) is 2.54. The van der Waals surface area contributed by atoms with Crippen LogP contribution in [0, 0.1) is 6.92 Å². The largest absolute Gasteiger partial charge is 0.0816 e. The predicted molar refractivity (Wildman–Crippen MR) is 84.7 cm³/mol. The lowest BCUT2D eigenvalue weighted by molar-refractivity contribution is 0.873. The lowest BCUT2D eigenvalue weighted by Gasteiger charge is -2.32. The summed E-state index contributed by atoms with van der Waals surface area (Å²) in [5.74, 6) is 0. The molecule has 1 aromatic rings. The van der Waals surface area contributed by atoms with Crippen LogP contribution in [0.5, 0.6) is 0 Å². The van der Waals surface area contributed by atoms with Crippen molar-refractivity contribution in [3.63, 3.8) is 0 Å². The summed E-state index contributed by atoms with van der Waals surface area (Å²) in [6.07, 6.45) is 5.75. The van der Waals surface area contributed by atoms with Crippen molar-refractivity contribution in [1.29, 1.82) is 0 Å². The number of hydrogen-bond donors (Lipinski definition) is 0. The Labute approximate surface area is 113 Å². The predicted octanol–water partition coefficient (Wildman–Crippen LogP) is 3.01. The average molecular weight is 273 g/mol. The van der Waals surface area contributed by atoms with Crippen LogP contribution in [-0.4, -0.2) is 16.1 Å². The van der Waals surface area contributed by atoms with Gasteiger partial charge in [-0.1, -0.05) is 60.1 Å². The van der Waals surface area contributed by atoms with Crippen molar-refractivity contribution in [3.05, 3.63) is 22.8 Å². The highest BCUT2D eigenvalue weighted by atomic mass is 28.4. The van der Waals surface area contributed by atoms with Crippen molar-refractivity contribution in [2.45, 2.75) is 63.5 Å². The molecule has 0 spiro atoms. The molecule has 2 unspecified atom stereocenters. The Morgan fingerprint density at radius 1 is 0.944 bits per heavy atom. The van der Waals surface area contributed by atoms with E-state index in [1.54, 1.807) is 28.9 Å². The number of rotatable bonds is 0. The van der Waals surface area contributed by atoms with Crippen molar-refractivity contribution in [2.24, 2.45) is 0 Å².